The summed E-state index contributed by atoms with van der Waals surface area (Å²) in [5, 5.41) is 3.88. The Morgan fingerprint density at radius 3 is 2.36 bits per heavy atom. The maximum atomic E-state index is 12.2. The Balaban J connectivity index is 1.51. The van der Waals surface area contributed by atoms with Gasteiger partial charge in [-0.1, -0.05) is 35.3 Å². The minimum absolute atomic E-state index is 0.0534. The van der Waals surface area contributed by atoms with Gasteiger partial charge in [0, 0.05) is 47.6 Å². The van der Waals surface area contributed by atoms with Crippen molar-refractivity contribution in [1.82, 2.24) is 4.90 Å². The lowest BCUT2D eigenvalue weighted by Crippen LogP contribution is -2.48. The summed E-state index contributed by atoms with van der Waals surface area (Å²) in [5.74, 6) is -0.0534. The second-order valence-corrected chi connectivity index (χ2v) is 7.18. The zero-order valence-corrected chi connectivity index (χ0v) is 15.6. The van der Waals surface area contributed by atoms with E-state index in [-0.39, 0.29) is 5.91 Å². The van der Waals surface area contributed by atoms with Gasteiger partial charge in [-0.05, 0) is 42.8 Å². The van der Waals surface area contributed by atoms with E-state index >= 15 is 0 Å². The molecule has 3 rings (SSSR count). The number of carbonyl (C=O) groups is 1. The number of piperazine rings is 1. The lowest BCUT2D eigenvalue weighted by atomic mass is 10.2. The van der Waals surface area contributed by atoms with Gasteiger partial charge in [0.05, 0.1) is 6.54 Å². The molecule has 1 heterocycles. The lowest BCUT2D eigenvalue weighted by molar-refractivity contribution is -0.117. The van der Waals surface area contributed by atoms with Gasteiger partial charge in [-0.15, -0.1) is 0 Å². The molecular weight excluding hydrogens is 357 g/mol. The Morgan fingerprint density at radius 2 is 1.72 bits per heavy atom. The van der Waals surface area contributed by atoms with Crippen LogP contribution in [0, 0.1) is 6.92 Å². The molecule has 2 aromatic carbocycles. The molecule has 6 heteroatoms. The summed E-state index contributed by atoms with van der Waals surface area (Å²) in [5.41, 5.74) is 3.14. The van der Waals surface area contributed by atoms with Crippen LogP contribution >= 0.6 is 23.2 Å². The van der Waals surface area contributed by atoms with E-state index in [1.54, 1.807) is 18.2 Å². The number of aryl methyl sites for hydroxylation is 1. The average Bonchev–Trinajstić information content (AvgIpc) is 2.54. The van der Waals surface area contributed by atoms with Crippen LogP contribution in [-0.4, -0.2) is 43.5 Å². The first-order valence-electron chi connectivity index (χ1n) is 8.29. The SMILES string of the molecule is Cc1cccc(N2CCN(CC(=O)Nc3cc(Cl)cc(Cl)c3)CC2)c1. The van der Waals surface area contributed by atoms with E-state index in [1.807, 2.05) is 0 Å². The molecule has 132 valence electrons. The van der Waals surface area contributed by atoms with Gasteiger partial charge >= 0.3 is 0 Å². The summed E-state index contributed by atoms with van der Waals surface area (Å²) in [6, 6.07) is 13.6. The highest BCUT2D eigenvalue weighted by Gasteiger charge is 2.19. The van der Waals surface area contributed by atoms with E-state index in [9.17, 15) is 4.79 Å². The summed E-state index contributed by atoms with van der Waals surface area (Å²) in [6.45, 7) is 6.02. The quantitative estimate of drug-likeness (QED) is 0.872. The summed E-state index contributed by atoms with van der Waals surface area (Å²) in [7, 11) is 0. The third-order valence-electron chi connectivity index (χ3n) is 4.25. The first kappa shape index (κ1) is 18.1. The topological polar surface area (TPSA) is 35.6 Å². The number of hydrogen-bond donors (Lipinski definition) is 1. The summed E-state index contributed by atoms with van der Waals surface area (Å²) < 4.78 is 0. The van der Waals surface area contributed by atoms with Crippen LogP contribution in [0.25, 0.3) is 0 Å². The minimum Gasteiger partial charge on any atom is -0.369 e. The Bertz CT molecular complexity index is 738. The van der Waals surface area contributed by atoms with Crippen molar-refractivity contribution in [2.75, 3.05) is 42.9 Å². The van der Waals surface area contributed by atoms with Gasteiger partial charge < -0.3 is 10.2 Å². The summed E-state index contributed by atoms with van der Waals surface area (Å²) >= 11 is 11.9. The molecule has 0 spiro atoms. The van der Waals surface area contributed by atoms with E-state index in [2.05, 4.69) is 46.3 Å². The molecule has 1 aliphatic heterocycles. The molecule has 0 atom stereocenters. The molecule has 0 aromatic heterocycles. The predicted octanol–water partition coefficient (Wildman–Crippen LogP) is 4.06. The van der Waals surface area contributed by atoms with Gasteiger partial charge in [-0.2, -0.15) is 0 Å². The van der Waals surface area contributed by atoms with E-state index in [0.29, 0.717) is 22.3 Å². The number of benzene rings is 2. The van der Waals surface area contributed by atoms with Crippen LogP contribution in [-0.2, 0) is 4.79 Å². The third-order valence-corrected chi connectivity index (χ3v) is 4.69. The summed E-state index contributed by atoms with van der Waals surface area (Å²) in [4.78, 5) is 16.8. The van der Waals surface area contributed by atoms with Gasteiger partial charge in [0.1, 0.15) is 0 Å². The number of nitrogens with zero attached hydrogens (tertiary/aromatic N) is 2. The monoisotopic (exact) mass is 377 g/mol. The molecule has 25 heavy (non-hydrogen) atoms. The van der Waals surface area contributed by atoms with E-state index in [0.717, 1.165) is 26.2 Å². The number of hydrogen-bond acceptors (Lipinski definition) is 3. The standard InChI is InChI=1S/C19H21Cl2N3O/c1-14-3-2-4-18(9-14)24-7-5-23(6-8-24)13-19(25)22-17-11-15(20)10-16(21)12-17/h2-4,9-12H,5-8,13H2,1H3,(H,22,25). The third kappa shape index (κ3) is 5.11. The molecule has 0 radical (unpaired) electrons. The fraction of sp³-hybridized carbons (Fsp3) is 0.316. The van der Waals surface area contributed by atoms with Crippen molar-refractivity contribution in [2.24, 2.45) is 0 Å². The van der Waals surface area contributed by atoms with Gasteiger partial charge in [-0.25, -0.2) is 0 Å². The van der Waals surface area contributed by atoms with Crippen molar-refractivity contribution in [3.63, 3.8) is 0 Å². The van der Waals surface area contributed by atoms with Crippen LogP contribution in [0.1, 0.15) is 5.56 Å². The van der Waals surface area contributed by atoms with Crippen LogP contribution in [0.15, 0.2) is 42.5 Å². The van der Waals surface area contributed by atoms with Crippen molar-refractivity contribution >= 4 is 40.5 Å². The van der Waals surface area contributed by atoms with Gasteiger partial charge in [0.15, 0.2) is 0 Å². The fourth-order valence-electron chi connectivity index (χ4n) is 3.02. The molecule has 0 bridgehead atoms. The molecule has 1 saturated heterocycles. The van der Waals surface area contributed by atoms with E-state index < -0.39 is 0 Å². The normalized spacial score (nSPS) is 15.2. The second-order valence-electron chi connectivity index (χ2n) is 6.31. The first-order valence-corrected chi connectivity index (χ1v) is 9.05. The molecule has 2 aromatic rings. The Morgan fingerprint density at radius 1 is 1.04 bits per heavy atom. The predicted molar refractivity (Wildman–Crippen MR) is 105 cm³/mol. The molecule has 1 aliphatic rings. The largest absolute Gasteiger partial charge is 0.369 e. The van der Waals surface area contributed by atoms with Crippen LogP contribution < -0.4 is 10.2 Å². The van der Waals surface area contributed by atoms with Crippen LogP contribution in [0.5, 0.6) is 0 Å². The number of amides is 1. The second kappa shape index (κ2) is 8.09. The van der Waals surface area contributed by atoms with Crippen molar-refractivity contribution < 1.29 is 4.79 Å². The molecule has 0 aliphatic carbocycles. The molecule has 1 amide bonds. The first-order chi connectivity index (χ1) is 12.0. The van der Waals surface area contributed by atoms with Crippen molar-refractivity contribution in [3.8, 4) is 0 Å². The van der Waals surface area contributed by atoms with Crippen LogP contribution in [0.2, 0.25) is 10.0 Å². The van der Waals surface area contributed by atoms with Crippen LogP contribution in [0.4, 0.5) is 11.4 Å². The van der Waals surface area contributed by atoms with Crippen LogP contribution in [0.3, 0.4) is 0 Å². The highest BCUT2D eigenvalue weighted by molar-refractivity contribution is 6.35. The lowest BCUT2D eigenvalue weighted by Gasteiger charge is -2.35. The fourth-order valence-corrected chi connectivity index (χ4v) is 3.54. The Labute approximate surface area is 158 Å². The summed E-state index contributed by atoms with van der Waals surface area (Å²) in [6.07, 6.45) is 0. The molecule has 1 fully saturated rings. The highest BCUT2D eigenvalue weighted by atomic mass is 35.5. The van der Waals surface area contributed by atoms with Gasteiger partial charge in [0.25, 0.3) is 0 Å². The van der Waals surface area contributed by atoms with Crippen molar-refractivity contribution in [1.29, 1.82) is 0 Å². The smallest absolute Gasteiger partial charge is 0.238 e. The number of anilines is 2. The molecule has 0 unspecified atom stereocenters. The molecule has 4 nitrogen and oxygen atoms in total. The molecular formula is C19H21Cl2N3O. The average molecular weight is 378 g/mol. The number of carbonyl (C=O) groups excluding carboxylic acids is 1. The molecule has 1 N–H and O–H groups in total. The minimum atomic E-state index is -0.0534. The number of halogens is 2. The zero-order chi connectivity index (χ0) is 17.8. The zero-order valence-electron chi connectivity index (χ0n) is 14.1. The van der Waals surface area contributed by atoms with E-state index in [1.165, 1.54) is 11.3 Å². The Hall–Kier alpha value is -1.75. The highest BCUT2D eigenvalue weighted by Crippen LogP contribution is 2.22. The van der Waals surface area contributed by atoms with E-state index in [4.69, 9.17) is 23.2 Å². The van der Waals surface area contributed by atoms with Crippen molar-refractivity contribution in [2.45, 2.75) is 6.92 Å². The van der Waals surface area contributed by atoms with Gasteiger partial charge in [0.2, 0.25) is 5.91 Å². The maximum absolute atomic E-state index is 12.2. The maximum Gasteiger partial charge on any atom is 0.238 e. The number of nitrogens with one attached hydrogen (secondary N) is 1. The molecule has 0 saturated carbocycles. The van der Waals surface area contributed by atoms with Crippen molar-refractivity contribution in [3.05, 3.63) is 58.1 Å². The Kier molecular flexibility index (Phi) is 5.84. The van der Waals surface area contributed by atoms with Gasteiger partial charge in [-0.3, -0.25) is 9.69 Å². The number of rotatable bonds is 4.